The first-order valence-corrected chi connectivity index (χ1v) is 24.8. The van der Waals surface area contributed by atoms with Crippen LogP contribution in [0.25, 0.3) is 0 Å². The summed E-state index contributed by atoms with van der Waals surface area (Å²) in [5.74, 6) is 0. The van der Waals surface area contributed by atoms with Gasteiger partial charge in [0.1, 0.15) is 0 Å². The molecule has 0 heterocycles. The van der Waals surface area contributed by atoms with Gasteiger partial charge in [0, 0.05) is 39.3 Å². The Morgan fingerprint density at radius 1 is 0.298 bits per heavy atom. The Morgan fingerprint density at radius 3 is 0.825 bits per heavy atom. The molecule has 2 unspecified atom stereocenters. The first-order valence-electron chi connectivity index (χ1n) is 24.8. The fraction of sp³-hybridized carbons (Fsp3) is 0.920. The van der Waals surface area contributed by atoms with Crippen molar-refractivity contribution in [2.24, 2.45) is 0 Å². The fourth-order valence-electron chi connectivity index (χ4n) is 6.51. The monoisotopic (exact) mass is 811 g/mol. The van der Waals surface area contributed by atoms with E-state index >= 15 is 0 Å². The average molecular weight is 811 g/mol. The largest absolute Gasteiger partial charge is 0.353 e. The maximum atomic E-state index is 6.59. The Bertz CT molecular complexity index is 714. The van der Waals surface area contributed by atoms with E-state index in [4.69, 9.17) is 33.2 Å². The summed E-state index contributed by atoms with van der Waals surface area (Å²) in [4.78, 5) is 0. The number of unbranched alkanes of at least 4 members (excludes halogenated alkanes) is 20. The lowest BCUT2D eigenvalue weighted by Gasteiger charge is -2.22. The second kappa shape index (κ2) is 47.9. The first-order chi connectivity index (χ1) is 28.1. The molecule has 0 amide bonds. The van der Waals surface area contributed by atoms with E-state index in [0.29, 0.717) is 13.2 Å². The molecule has 0 fully saturated rings. The summed E-state index contributed by atoms with van der Waals surface area (Å²) in [6.45, 7) is 17.9. The van der Waals surface area contributed by atoms with Crippen molar-refractivity contribution in [1.82, 2.24) is 0 Å². The Labute approximate surface area is 355 Å². The van der Waals surface area contributed by atoms with Crippen LogP contribution in [0.5, 0.6) is 0 Å². The maximum Gasteiger partial charge on any atom is 0.180 e. The molecule has 0 bridgehead atoms. The molecule has 0 rings (SSSR count). The van der Waals surface area contributed by atoms with Gasteiger partial charge < -0.3 is 33.2 Å². The quantitative estimate of drug-likeness (QED) is 0.0344. The van der Waals surface area contributed by atoms with Crippen LogP contribution in [0.15, 0.2) is 24.3 Å². The molecule has 0 aliphatic heterocycles. The fourth-order valence-corrected chi connectivity index (χ4v) is 6.51. The van der Waals surface area contributed by atoms with Crippen molar-refractivity contribution in [3.63, 3.8) is 0 Å². The molecular formula is C50H98O7. The molecule has 57 heavy (non-hydrogen) atoms. The van der Waals surface area contributed by atoms with Gasteiger partial charge >= 0.3 is 0 Å². The van der Waals surface area contributed by atoms with Crippen molar-refractivity contribution >= 4 is 0 Å². The second-order valence-corrected chi connectivity index (χ2v) is 16.0. The number of hydrogen-bond acceptors (Lipinski definition) is 7. The standard InChI is InChI=1S/C50H98O7/c1-7-13-19-25-35-45-55-49(39-29-27-37-47(51-41-31-21-15-9-3)52-42-32-22-16-10-4)57-50(56-46-36-26-20-14-8-2)40-30-28-38-48(53-43-33-23-17-11-5)54-44-34-24-18-12-6/h29-30,39-40,47-50H,7-28,31-38,41-46H2,1-6H3. The molecule has 0 aliphatic carbocycles. The van der Waals surface area contributed by atoms with Gasteiger partial charge in [-0.05, 0) is 63.5 Å². The summed E-state index contributed by atoms with van der Waals surface area (Å²) in [5.41, 5.74) is 0. The minimum Gasteiger partial charge on any atom is -0.353 e. The summed E-state index contributed by atoms with van der Waals surface area (Å²) >= 11 is 0. The first kappa shape index (κ1) is 56.2. The van der Waals surface area contributed by atoms with Crippen LogP contribution in [-0.2, 0) is 33.2 Å². The SMILES string of the molecule is CCCCCCCOC(C=CCCC(OCCCCCC)OCCCCCC)OC(C=CCCC(OCCCCCC)OCCCCCC)OCCCCCCC. The lowest BCUT2D eigenvalue weighted by molar-refractivity contribution is -0.208. The van der Waals surface area contributed by atoms with E-state index < -0.39 is 12.6 Å². The van der Waals surface area contributed by atoms with E-state index in [-0.39, 0.29) is 12.6 Å². The Balaban J connectivity index is 5.61. The topological polar surface area (TPSA) is 64.6 Å². The Kier molecular flexibility index (Phi) is 47.2. The summed E-state index contributed by atoms with van der Waals surface area (Å²) in [5, 5.41) is 0. The van der Waals surface area contributed by atoms with Gasteiger partial charge in [0.15, 0.2) is 25.2 Å². The van der Waals surface area contributed by atoms with E-state index in [0.717, 1.165) is 90.6 Å². The maximum absolute atomic E-state index is 6.59. The lowest BCUT2D eigenvalue weighted by Crippen LogP contribution is -2.25. The van der Waals surface area contributed by atoms with Crippen LogP contribution < -0.4 is 0 Å². The third kappa shape index (κ3) is 41.7. The lowest BCUT2D eigenvalue weighted by atomic mass is 10.2. The predicted octanol–water partition coefficient (Wildman–Crippen LogP) is 15.3. The minimum atomic E-state index is -0.486. The van der Waals surface area contributed by atoms with Crippen molar-refractivity contribution in [3.8, 4) is 0 Å². The molecular weight excluding hydrogens is 713 g/mol. The summed E-state index contributed by atoms with van der Waals surface area (Å²) < 4.78 is 44.3. The summed E-state index contributed by atoms with van der Waals surface area (Å²) in [6, 6.07) is 0. The molecule has 340 valence electrons. The van der Waals surface area contributed by atoms with Gasteiger partial charge in [-0.25, -0.2) is 0 Å². The molecule has 7 nitrogen and oxygen atoms in total. The predicted molar refractivity (Wildman–Crippen MR) is 243 cm³/mol. The molecule has 0 radical (unpaired) electrons. The number of hydrogen-bond donors (Lipinski definition) is 0. The molecule has 0 saturated heterocycles. The van der Waals surface area contributed by atoms with Crippen LogP contribution in [0, 0.1) is 0 Å². The Hall–Kier alpha value is -0.800. The number of rotatable bonds is 48. The molecule has 2 atom stereocenters. The van der Waals surface area contributed by atoms with Crippen molar-refractivity contribution in [3.05, 3.63) is 24.3 Å². The average Bonchev–Trinajstić information content (AvgIpc) is 3.22. The smallest absolute Gasteiger partial charge is 0.180 e. The molecule has 0 spiro atoms. The zero-order chi connectivity index (χ0) is 41.5. The van der Waals surface area contributed by atoms with Crippen LogP contribution in [0.2, 0.25) is 0 Å². The van der Waals surface area contributed by atoms with Gasteiger partial charge in [-0.2, -0.15) is 0 Å². The molecule has 0 aromatic carbocycles. The minimum absolute atomic E-state index is 0.173. The van der Waals surface area contributed by atoms with Crippen LogP contribution in [0.1, 0.15) is 234 Å². The van der Waals surface area contributed by atoms with E-state index in [2.05, 4.69) is 65.8 Å². The zero-order valence-corrected chi connectivity index (χ0v) is 38.9. The molecule has 0 aliphatic rings. The van der Waals surface area contributed by atoms with E-state index in [1.54, 1.807) is 0 Å². The molecule has 7 heteroatoms. The van der Waals surface area contributed by atoms with Crippen molar-refractivity contribution in [2.45, 2.75) is 259 Å². The van der Waals surface area contributed by atoms with Crippen LogP contribution in [0.3, 0.4) is 0 Å². The van der Waals surface area contributed by atoms with Crippen molar-refractivity contribution in [2.75, 3.05) is 39.6 Å². The van der Waals surface area contributed by atoms with E-state index in [9.17, 15) is 0 Å². The van der Waals surface area contributed by atoms with Crippen molar-refractivity contribution < 1.29 is 33.2 Å². The van der Waals surface area contributed by atoms with Crippen LogP contribution >= 0.6 is 0 Å². The van der Waals surface area contributed by atoms with Gasteiger partial charge in [0.2, 0.25) is 0 Å². The highest BCUT2D eigenvalue weighted by Gasteiger charge is 2.15. The van der Waals surface area contributed by atoms with Gasteiger partial charge in [-0.1, -0.05) is 182 Å². The number of allylic oxidation sites excluding steroid dienone is 2. The highest BCUT2D eigenvalue weighted by Crippen LogP contribution is 2.16. The highest BCUT2D eigenvalue weighted by atomic mass is 16.8. The summed E-state index contributed by atoms with van der Waals surface area (Å²) in [7, 11) is 0. The third-order valence-corrected chi connectivity index (χ3v) is 10.3. The van der Waals surface area contributed by atoms with E-state index in [1.807, 2.05) is 0 Å². The molecule has 0 aromatic rings. The van der Waals surface area contributed by atoms with Gasteiger partial charge in [0.05, 0.1) is 13.2 Å². The third-order valence-electron chi connectivity index (χ3n) is 10.3. The number of ether oxygens (including phenoxy) is 7. The van der Waals surface area contributed by atoms with Gasteiger partial charge in [-0.15, -0.1) is 0 Å². The molecule has 0 aromatic heterocycles. The normalized spacial score (nSPS) is 13.3. The van der Waals surface area contributed by atoms with Gasteiger partial charge in [-0.3, -0.25) is 0 Å². The van der Waals surface area contributed by atoms with Crippen molar-refractivity contribution in [1.29, 1.82) is 0 Å². The Morgan fingerprint density at radius 2 is 0.544 bits per heavy atom. The van der Waals surface area contributed by atoms with Crippen LogP contribution in [0.4, 0.5) is 0 Å². The molecule has 0 saturated carbocycles. The highest BCUT2D eigenvalue weighted by molar-refractivity contribution is 4.90. The summed E-state index contributed by atoms with van der Waals surface area (Å²) in [6.07, 6.45) is 41.6. The zero-order valence-electron chi connectivity index (χ0n) is 38.9. The van der Waals surface area contributed by atoms with Gasteiger partial charge in [0.25, 0.3) is 0 Å². The van der Waals surface area contributed by atoms with Crippen LogP contribution in [-0.4, -0.2) is 64.8 Å². The second-order valence-electron chi connectivity index (χ2n) is 16.0. The van der Waals surface area contributed by atoms with E-state index in [1.165, 1.54) is 128 Å². The molecule has 0 N–H and O–H groups in total.